The van der Waals surface area contributed by atoms with Crippen molar-refractivity contribution in [1.82, 2.24) is 0 Å². The van der Waals surface area contributed by atoms with Gasteiger partial charge in [-0.3, -0.25) is 0 Å². The summed E-state index contributed by atoms with van der Waals surface area (Å²) in [6.45, 7) is 8.66. The molecule has 0 amide bonds. The van der Waals surface area contributed by atoms with Crippen LogP contribution in [0, 0.1) is 0 Å². The van der Waals surface area contributed by atoms with Crippen LogP contribution in [0.3, 0.4) is 0 Å². The molecule has 28 heavy (non-hydrogen) atoms. The summed E-state index contributed by atoms with van der Waals surface area (Å²) in [5, 5.41) is 0. The molecule has 4 rings (SSSR count). The Balaban J connectivity index is 1.82. The summed E-state index contributed by atoms with van der Waals surface area (Å²) in [6, 6.07) is 25.2. The van der Waals surface area contributed by atoms with Crippen LogP contribution in [0.2, 0.25) is 0 Å². The van der Waals surface area contributed by atoms with Crippen molar-refractivity contribution in [1.29, 1.82) is 0 Å². The lowest BCUT2D eigenvalue weighted by molar-refractivity contribution is 1.06. The third-order valence-corrected chi connectivity index (χ3v) is 5.24. The largest absolute Gasteiger partial charge is 0.0952 e. The molecule has 1 aliphatic rings. The van der Waals surface area contributed by atoms with E-state index in [0.29, 0.717) is 0 Å². The first-order valence-electron chi connectivity index (χ1n) is 9.72. The molecule has 0 unspecified atom stereocenters. The second-order valence-electron chi connectivity index (χ2n) is 7.19. The predicted octanol–water partition coefficient (Wildman–Crippen LogP) is 7.85. The fourth-order valence-corrected chi connectivity index (χ4v) is 3.69. The summed E-state index contributed by atoms with van der Waals surface area (Å²) in [5.74, 6) is 0. The molecule has 0 atom stereocenters. The van der Waals surface area contributed by atoms with E-state index in [1.165, 1.54) is 44.5 Å². The zero-order valence-corrected chi connectivity index (χ0v) is 16.1. The number of fused-ring (bicyclic) bond motifs is 1. The van der Waals surface area contributed by atoms with Gasteiger partial charge in [-0.05, 0) is 57.4 Å². The molecular formula is C28H24. The summed E-state index contributed by atoms with van der Waals surface area (Å²) >= 11 is 0. The van der Waals surface area contributed by atoms with Gasteiger partial charge in [0.1, 0.15) is 0 Å². The lowest BCUT2D eigenvalue weighted by Gasteiger charge is -2.24. The number of allylic oxidation sites excluding steroid dienone is 2. The number of hydrogen-bond acceptors (Lipinski definition) is 0. The van der Waals surface area contributed by atoms with E-state index in [4.69, 9.17) is 0 Å². The number of benzene rings is 3. The lowest BCUT2D eigenvalue weighted by atomic mass is 9.80. The fraction of sp³-hybridized carbons (Fsp3) is 0.0714. The van der Waals surface area contributed by atoms with Gasteiger partial charge in [0.2, 0.25) is 0 Å². The first-order chi connectivity index (χ1) is 13.7. The standard InChI is InChI=1S/C28H24/c1-21-13-14-22(2)28-26(21)20-18-25(17-15-23-9-5-3-6-10-23)27(28)19-16-24-11-7-4-8-12-24/h3-12,15-20H,1-2,13-14H2. The van der Waals surface area contributed by atoms with E-state index < -0.39 is 0 Å². The van der Waals surface area contributed by atoms with Crippen LogP contribution in [-0.4, -0.2) is 0 Å². The Morgan fingerprint density at radius 2 is 1.14 bits per heavy atom. The average molecular weight is 361 g/mol. The van der Waals surface area contributed by atoms with Gasteiger partial charge < -0.3 is 0 Å². The van der Waals surface area contributed by atoms with Gasteiger partial charge in [-0.15, -0.1) is 0 Å². The molecule has 0 bridgehead atoms. The Kier molecular flexibility index (Phi) is 5.21. The fourth-order valence-electron chi connectivity index (χ4n) is 3.69. The quantitative estimate of drug-likeness (QED) is 0.416. The molecule has 0 heteroatoms. The van der Waals surface area contributed by atoms with Crippen molar-refractivity contribution in [2.75, 3.05) is 0 Å². The maximum atomic E-state index is 4.37. The molecule has 3 aromatic rings. The van der Waals surface area contributed by atoms with Crippen molar-refractivity contribution in [3.63, 3.8) is 0 Å². The summed E-state index contributed by atoms with van der Waals surface area (Å²) in [5.41, 5.74) is 9.70. The molecule has 0 aliphatic heterocycles. The Morgan fingerprint density at radius 1 is 0.571 bits per heavy atom. The van der Waals surface area contributed by atoms with Gasteiger partial charge in [-0.2, -0.15) is 0 Å². The highest BCUT2D eigenvalue weighted by Crippen LogP contribution is 2.40. The Bertz CT molecular complexity index is 1060. The first-order valence-corrected chi connectivity index (χ1v) is 9.72. The Labute approximate surface area is 167 Å². The monoisotopic (exact) mass is 360 g/mol. The molecular weight excluding hydrogens is 336 g/mol. The van der Waals surface area contributed by atoms with Crippen LogP contribution in [-0.2, 0) is 0 Å². The van der Waals surface area contributed by atoms with Crippen molar-refractivity contribution in [2.24, 2.45) is 0 Å². The molecule has 0 spiro atoms. The van der Waals surface area contributed by atoms with E-state index in [1.54, 1.807) is 0 Å². The zero-order valence-electron chi connectivity index (χ0n) is 16.1. The zero-order chi connectivity index (χ0) is 19.3. The SMILES string of the molecule is C=C1CCC(=C)c2c1ccc(C=Cc1ccccc1)c2C=Cc1ccccc1. The molecule has 0 saturated heterocycles. The lowest BCUT2D eigenvalue weighted by Crippen LogP contribution is -2.03. The van der Waals surface area contributed by atoms with E-state index in [2.05, 4.69) is 98.1 Å². The third kappa shape index (κ3) is 3.82. The maximum absolute atomic E-state index is 4.37. The van der Waals surface area contributed by atoms with Crippen LogP contribution in [0.25, 0.3) is 35.5 Å². The van der Waals surface area contributed by atoms with Gasteiger partial charge in [0.15, 0.2) is 0 Å². The van der Waals surface area contributed by atoms with Crippen LogP contribution >= 0.6 is 0 Å². The first kappa shape index (κ1) is 18.0. The van der Waals surface area contributed by atoms with Crippen LogP contribution in [0.1, 0.15) is 46.2 Å². The molecule has 3 aromatic carbocycles. The second-order valence-corrected chi connectivity index (χ2v) is 7.19. The Hall–Kier alpha value is -3.38. The van der Waals surface area contributed by atoms with Gasteiger partial charge in [-0.25, -0.2) is 0 Å². The van der Waals surface area contributed by atoms with Gasteiger partial charge in [0.05, 0.1) is 0 Å². The predicted molar refractivity (Wildman–Crippen MR) is 124 cm³/mol. The summed E-state index contributed by atoms with van der Waals surface area (Å²) < 4.78 is 0. The number of hydrogen-bond donors (Lipinski definition) is 0. The van der Waals surface area contributed by atoms with E-state index in [1.807, 2.05) is 12.1 Å². The van der Waals surface area contributed by atoms with Crippen LogP contribution in [0.15, 0.2) is 86.0 Å². The van der Waals surface area contributed by atoms with Crippen molar-refractivity contribution in [2.45, 2.75) is 12.8 Å². The molecule has 0 heterocycles. The van der Waals surface area contributed by atoms with Crippen molar-refractivity contribution >= 4 is 35.5 Å². The van der Waals surface area contributed by atoms with Gasteiger partial charge in [-0.1, -0.05) is 110 Å². The van der Waals surface area contributed by atoms with Crippen LogP contribution < -0.4 is 0 Å². The molecule has 0 N–H and O–H groups in total. The van der Waals surface area contributed by atoms with Crippen molar-refractivity contribution in [3.8, 4) is 0 Å². The highest BCUT2D eigenvalue weighted by Gasteiger charge is 2.19. The van der Waals surface area contributed by atoms with E-state index >= 15 is 0 Å². The van der Waals surface area contributed by atoms with Gasteiger partial charge >= 0.3 is 0 Å². The van der Waals surface area contributed by atoms with Crippen LogP contribution in [0.4, 0.5) is 0 Å². The Morgan fingerprint density at radius 3 is 1.79 bits per heavy atom. The molecule has 0 nitrogen and oxygen atoms in total. The molecule has 0 radical (unpaired) electrons. The highest BCUT2D eigenvalue weighted by atomic mass is 14.2. The molecule has 0 saturated carbocycles. The highest BCUT2D eigenvalue weighted by molar-refractivity contribution is 5.92. The van der Waals surface area contributed by atoms with Gasteiger partial charge in [0, 0.05) is 0 Å². The smallest absolute Gasteiger partial charge is 0.00765 e. The summed E-state index contributed by atoms with van der Waals surface area (Å²) in [4.78, 5) is 0. The number of rotatable bonds is 4. The van der Waals surface area contributed by atoms with E-state index in [-0.39, 0.29) is 0 Å². The van der Waals surface area contributed by atoms with Crippen molar-refractivity contribution in [3.05, 3.63) is 119 Å². The van der Waals surface area contributed by atoms with Crippen molar-refractivity contribution < 1.29 is 0 Å². The molecule has 1 aliphatic carbocycles. The van der Waals surface area contributed by atoms with Crippen LogP contribution in [0.5, 0.6) is 0 Å². The minimum atomic E-state index is 0.976. The molecule has 136 valence electrons. The minimum Gasteiger partial charge on any atom is -0.0952 e. The summed E-state index contributed by atoms with van der Waals surface area (Å²) in [6.07, 6.45) is 10.7. The van der Waals surface area contributed by atoms with E-state index in [9.17, 15) is 0 Å². The van der Waals surface area contributed by atoms with E-state index in [0.717, 1.165) is 12.8 Å². The molecule has 0 aromatic heterocycles. The normalized spacial score (nSPS) is 14.0. The molecule has 0 fully saturated rings. The minimum absolute atomic E-state index is 0.976. The maximum Gasteiger partial charge on any atom is -0.00765 e. The van der Waals surface area contributed by atoms with Gasteiger partial charge in [0.25, 0.3) is 0 Å². The average Bonchev–Trinajstić information content (AvgIpc) is 2.75. The topological polar surface area (TPSA) is 0 Å². The second kappa shape index (κ2) is 8.10. The summed E-state index contributed by atoms with van der Waals surface area (Å²) in [7, 11) is 0. The third-order valence-electron chi connectivity index (χ3n) is 5.24.